The lowest BCUT2D eigenvalue weighted by Gasteiger charge is -2.34. The second-order valence-corrected chi connectivity index (χ2v) is 9.37. The predicted molar refractivity (Wildman–Crippen MR) is 111 cm³/mol. The van der Waals surface area contributed by atoms with Gasteiger partial charge >= 0.3 is 11.8 Å². The first kappa shape index (κ1) is 23.3. The number of amides is 2. The fraction of sp³-hybridized carbons (Fsp3) is 0.600. The molecule has 2 amide bonds. The van der Waals surface area contributed by atoms with Crippen molar-refractivity contribution in [2.45, 2.75) is 49.3 Å². The molecule has 0 aromatic heterocycles. The summed E-state index contributed by atoms with van der Waals surface area (Å²) in [5.41, 5.74) is 0. The predicted octanol–water partition coefficient (Wildman–Crippen LogP) is 0.616. The van der Waals surface area contributed by atoms with E-state index >= 15 is 0 Å². The van der Waals surface area contributed by atoms with Crippen molar-refractivity contribution in [1.29, 1.82) is 0 Å². The second kappa shape index (κ2) is 10.3. The van der Waals surface area contributed by atoms with Crippen molar-refractivity contribution in [3.05, 3.63) is 18.2 Å². The van der Waals surface area contributed by atoms with E-state index in [1.165, 1.54) is 36.7 Å². The molecule has 1 aliphatic carbocycles. The van der Waals surface area contributed by atoms with Gasteiger partial charge in [0.25, 0.3) is 0 Å². The standard InChI is InChI=1S/C20H29N3O7S/c1-28-16-9-8-15(12-17(16)29-2)31(26,27)23-10-5-11-30-18(23)13-21-19(24)20(25)22-14-6-3-4-7-14/h8-9,12,14,18H,3-7,10-11,13H2,1-2H3,(H,21,24)(H,22,25)/t18-/m1/s1. The van der Waals surface area contributed by atoms with E-state index in [1.807, 2.05) is 0 Å². The number of carbonyl (C=O) groups excluding carboxylic acids is 2. The van der Waals surface area contributed by atoms with Crippen LogP contribution in [0.1, 0.15) is 32.1 Å². The van der Waals surface area contributed by atoms with Gasteiger partial charge < -0.3 is 24.8 Å². The van der Waals surface area contributed by atoms with Crippen LogP contribution in [0.5, 0.6) is 11.5 Å². The quantitative estimate of drug-likeness (QED) is 0.578. The molecule has 31 heavy (non-hydrogen) atoms. The summed E-state index contributed by atoms with van der Waals surface area (Å²) in [6, 6.07) is 4.34. The normalized spacial score (nSPS) is 20.3. The third-order valence-electron chi connectivity index (χ3n) is 5.45. The van der Waals surface area contributed by atoms with E-state index in [4.69, 9.17) is 14.2 Å². The Morgan fingerprint density at radius 3 is 2.48 bits per heavy atom. The van der Waals surface area contributed by atoms with Crippen molar-refractivity contribution in [2.24, 2.45) is 0 Å². The minimum atomic E-state index is -3.93. The lowest BCUT2D eigenvalue weighted by molar-refractivity contribution is -0.140. The van der Waals surface area contributed by atoms with Gasteiger partial charge in [0.05, 0.1) is 32.3 Å². The molecule has 0 unspecified atom stereocenters. The first-order valence-corrected chi connectivity index (χ1v) is 11.7. The third kappa shape index (κ3) is 5.46. The Labute approximate surface area is 182 Å². The molecule has 3 rings (SSSR count). The number of rotatable bonds is 7. The van der Waals surface area contributed by atoms with Crippen LogP contribution in [0.15, 0.2) is 23.1 Å². The zero-order chi connectivity index (χ0) is 22.4. The molecule has 2 fully saturated rings. The van der Waals surface area contributed by atoms with Crippen LogP contribution in [0.4, 0.5) is 0 Å². The summed E-state index contributed by atoms with van der Waals surface area (Å²) in [5, 5.41) is 5.20. The van der Waals surface area contributed by atoms with Crippen molar-refractivity contribution in [1.82, 2.24) is 14.9 Å². The van der Waals surface area contributed by atoms with Crippen LogP contribution in [-0.2, 0) is 24.3 Å². The monoisotopic (exact) mass is 455 g/mol. The maximum absolute atomic E-state index is 13.2. The van der Waals surface area contributed by atoms with Gasteiger partial charge in [-0.1, -0.05) is 12.8 Å². The Hall–Kier alpha value is -2.37. The SMILES string of the molecule is COc1ccc(S(=O)(=O)N2CCCO[C@@H]2CNC(=O)C(=O)NC2CCCC2)cc1OC. The van der Waals surface area contributed by atoms with E-state index < -0.39 is 28.1 Å². The van der Waals surface area contributed by atoms with E-state index in [0.29, 0.717) is 18.8 Å². The van der Waals surface area contributed by atoms with Gasteiger partial charge in [-0.3, -0.25) is 9.59 Å². The largest absolute Gasteiger partial charge is 0.493 e. The highest BCUT2D eigenvalue weighted by molar-refractivity contribution is 7.89. The first-order valence-electron chi connectivity index (χ1n) is 10.3. The molecule has 1 heterocycles. The van der Waals surface area contributed by atoms with E-state index in [2.05, 4.69) is 10.6 Å². The molecule has 2 N–H and O–H groups in total. The molecule has 1 saturated heterocycles. The Morgan fingerprint density at radius 2 is 1.81 bits per heavy atom. The molecule has 1 aliphatic heterocycles. The van der Waals surface area contributed by atoms with Crippen LogP contribution in [-0.4, -0.2) is 70.7 Å². The molecule has 2 aliphatic rings. The molecule has 1 atom stereocenters. The minimum absolute atomic E-state index is 0.0194. The molecule has 0 spiro atoms. The van der Waals surface area contributed by atoms with Crippen molar-refractivity contribution < 1.29 is 32.2 Å². The number of carbonyl (C=O) groups is 2. The molecule has 172 valence electrons. The maximum atomic E-state index is 13.2. The van der Waals surface area contributed by atoms with Crippen LogP contribution in [0.2, 0.25) is 0 Å². The van der Waals surface area contributed by atoms with Gasteiger partial charge in [-0.2, -0.15) is 4.31 Å². The molecule has 1 saturated carbocycles. The lowest BCUT2D eigenvalue weighted by atomic mass is 10.2. The van der Waals surface area contributed by atoms with Crippen molar-refractivity contribution in [3.63, 3.8) is 0 Å². The topological polar surface area (TPSA) is 123 Å². The van der Waals surface area contributed by atoms with Crippen LogP contribution < -0.4 is 20.1 Å². The van der Waals surface area contributed by atoms with Crippen molar-refractivity contribution in [2.75, 3.05) is 33.9 Å². The van der Waals surface area contributed by atoms with Gasteiger partial charge in [-0.25, -0.2) is 8.42 Å². The first-order chi connectivity index (χ1) is 14.9. The zero-order valence-electron chi connectivity index (χ0n) is 17.8. The Balaban J connectivity index is 1.68. The van der Waals surface area contributed by atoms with Gasteiger partial charge in [0.1, 0.15) is 6.23 Å². The highest BCUT2D eigenvalue weighted by atomic mass is 32.2. The number of sulfonamides is 1. The number of nitrogens with zero attached hydrogens (tertiary/aromatic N) is 1. The molecule has 11 heteroatoms. The van der Waals surface area contributed by atoms with Gasteiger partial charge in [-0.15, -0.1) is 0 Å². The number of benzene rings is 1. The summed E-state index contributed by atoms with van der Waals surface area (Å²) in [7, 11) is -1.05. The molecular weight excluding hydrogens is 426 g/mol. The summed E-state index contributed by atoms with van der Waals surface area (Å²) in [4.78, 5) is 24.3. The maximum Gasteiger partial charge on any atom is 0.309 e. The average Bonchev–Trinajstić information content (AvgIpc) is 3.30. The van der Waals surface area contributed by atoms with Gasteiger partial charge in [-0.05, 0) is 31.4 Å². The molecule has 1 aromatic carbocycles. The molecule has 0 radical (unpaired) electrons. The minimum Gasteiger partial charge on any atom is -0.493 e. The second-order valence-electron chi connectivity index (χ2n) is 7.48. The lowest BCUT2D eigenvalue weighted by Crippen LogP contribution is -2.53. The summed E-state index contributed by atoms with van der Waals surface area (Å²) in [6.07, 6.45) is 3.38. The smallest absolute Gasteiger partial charge is 0.309 e. The Bertz CT molecular complexity index is 900. The zero-order valence-corrected chi connectivity index (χ0v) is 18.6. The summed E-state index contributed by atoms with van der Waals surface area (Å²) >= 11 is 0. The number of methoxy groups -OCH3 is 2. The molecular formula is C20H29N3O7S. The highest BCUT2D eigenvalue weighted by Crippen LogP contribution is 2.31. The molecule has 10 nitrogen and oxygen atoms in total. The summed E-state index contributed by atoms with van der Waals surface area (Å²) in [6.45, 7) is 0.446. The molecule has 1 aromatic rings. The van der Waals surface area contributed by atoms with Gasteiger partial charge in [0.2, 0.25) is 10.0 Å². The summed E-state index contributed by atoms with van der Waals surface area (Å²) < 4.78 is 43.6. The Kier molecular flexibility index (Phi) is 7.74. The van der Waals surface area contributed by atoms with Crippen LogP contribution in [0, 0.1) is 0 Å². The van der Waals surface area contributed by atoms with E-state index in [9.17, 15) is 18.0 Å². The molecule has 0 bridgehead atoms. The van der Waals surface area contributed by atoms with Crippen LogP contribution in [0.25, 0.3) is 0 Å². The number of hydrogen-bond donors (Lipinski definition) is 2. The number of ether oxygens (including phenoxy) is 3. The average molecular weight is 456 g/mol. The van der Waals surface area contributed by atoms with Gasteiger partial charge in [0.15, 0.2) is 11.5 Å². The van der Waals surface area contributed by atoms with E-state index in [0.717, 1.165) is 25.7 Å². The number of nitrogens with one attached hydrogen (secondary N) is 2. The van der Waals surface area contributed by atoms with E-state index in [1.54, 1.807) is 0 Å². The van der Waals surface area contributed by atoms with Crippen molar-refractivity contribution >= 4 is 21.8 Å². The summed E-state index contributed by atoms with van der Waals surface area (Å²) in [5.74, 6) is -0.815. The Morgan fingerprint density at radius 1 is 1.10 bits per heavy atom. The van der Waals surface area contributed by atoms with E-state index in [-0.39, 0.29) is 29.8 Å². The van der Waals surface area contributed by atoms with Gasteiger partial charge in [0, 0.05) is 18.7 Å². The number of hydrogen-bond acceptors (Lipinski definition) is 7. The van der Waals surface area contributed by atoms with Crippen LogP contribution in [0.3, 0.4) is 0 Å². The third-order valence-corrected chi connectivity index (χ3v) is 7.33. The highest BCUT2D eigenvalue weighted by Gasteiger charge is 2.35. The van der Waals surface area contributed by atoms with Crippen molar-refractivity contribution in [3.8, 4) is 11.5 Å². The fourth-order valence-electron chi connectivity index (χ4n) is 3.80. The fourth-order valence-corrected chi connectivity index (χ4v) is 5.38. The van der Waals surface area contributed by atoms with Crippen LogP contribution >= 0.6 is 0 Å².